The van der Waals surface area contributed by atoms with Crippen molar-refractivity contribution < 1.29 is 23.5 Å². The molecule has 4 aromatic carbocycles. The summed E-state index contributed by atoms with van der Waals surface area (Å²) in [5.74, 6) is -0.979. The van der Waals surface area contributed by atoms with Crippen molar-refractivity contribution in [3.8, 4) is 0 Å². The van der Waals surface area contributed by atoms with Gasteiger partial charge in [0.1, 0.15) is 12.4 Å². The van der Waals surface area contributed by atoms with Crippen LogP contribution in [0.1, 0.15) is 54.4 Å². The second-order valence-corrected chi connectivity index (χ2v) is 22.2. The van der Waals surface area contributed by atoms with Crippen molar-refractivity contribution in [2.75, 3.05) is 0 Å². The Morgan fingerprint density at radius 3 is 1.20 bits per heavy atom. The third-order valence-electron chi connectivity index (χ3n) is 8.55. The van der Waals surface area contributed by atoms with Crippen molar-refractivity contribution in [2.45, 2.75) is 76.7 Å². The Labute approximate surface area is 270 Å². The van der Waals surface area contributed by atoms with Crippen molar-refractivity contribution in [1.82, 2.24) is 0 Å². The first-order chi connectivity index (χ1) is 21.3. The third kappa shape index (κ3) is 7.28. The van der Waals surface area contributed by atoms with E-state index in [-0.39, 0.29) is 22.9 Å². The summed E-state index contributed by atoms with van der Waals surface area (Å²) in [4.78, 5) is 25.4. The van der Waals surface area contributed by atoms with Gasteiger partial charge in [-0.05, 0) is 30.8 Å². The molecule has 0 heterocycles. The quantitative estimate of drug-likeness (QED) is 0.145. The first kappa shape index (κ1) is 34.3. The summed E-state index contributed by atoms with van der Waals surface area (Å²) >= 11 is 0. The number of carboxylic acid groups (broad SMARTS) is 1. The second kappa shape index (κ2) is 14.2. The molecule has 0 saturated heterocycles. The van der Waals surface area contributed by atoms with Gasteiger partial charge in [-0.15, -0.1) is 0 Å². The third-order valence-corrected chi connectivity index (χ3v) is 18.7. The molecule has 236 valence electrons. The molecule has 0 aliphatic rings. The number of rotatable bonds is 13. The fourth-order valence-corrected chi connectivity index (χ4v) is 15.9. The van der Waals surface area contributed by atoms with Crippen LogP contribution in [0.4, 0.5) is 0 Å². The summed E-state index contributed by atoms with van der Waals surface area (Å²) in [6.45, 7) is 13.0. The molecule has 45 heavy (non-hydrogen) atoms. The highest BCUT2D eigenvalue weighted by Gasteiger charge is 2.54. The number of hydrogen-bond acceptors (Lipinski definition) is 4. The van der Waals surface area contributed by atoms with Gasteiger partial charge in [0.25, 0.3) is 16.6 Å². The van der Waals surface area contributed by atoms with Gasteiger partial charge in [0.05, 0.1) is 12.5 Å². The summed E-state index contributed by atoms with van der Waals surface area (Å²) in [7, 11) is -6.19. The zero-order valence-electron chi connectivity index (χ0n) is 27.3. The first-order valence-electron chi connectivity index (χ1n) is 15.6. The highest BCUT2D eigenvalue weighted by atomic mass is 28.4. The van der Waals surface area contributed by atoms with E-state index in [9.17, 15) is 14.7 Å². The van der Waals surface area contributed by atoms with E-state index in [1.54, 1.807) is 0 Å². The van der Waals surface area contributed by atoms with Crippen LogP contribution < -0.4 is 20.7 Å². The molecule has 0 fully saturated rings. The molecule has 1 N–H and O–H groups in total. The summed E-state index contributed by atoms with van der Waals surface area (Å²) in [5, 5.41) is 13.6. The van der Waals surface area contributed by atoms with Gasteiger partial charge in [-0.2, -0.15) is 0 Å². The van der Waals surface area contributed by atoms with Crippen LogP contribution in [0, 0.1) is 0 Å². The topological polar surface area (TPSA) is 72.8 Å². The van der Waals surface area contributed by atoms with Gasteiger partial charge < -0.3 is 18.8 Å². The normalized spacial score (nSPS) is 14.0. The van der Waals surface area contributed by atoms with Gasteiger partial charge in [-0.25, -0.2) is 0 Å². The van der Waals surface area contributed by atoms with E-state index >= 15 is 0 Å². The number of hydrogen-bond donors (Lipinski definition) is 1. The Morgan fingerprint density at radius 2 is 0.933 bits per heavy atom. The lowest BCUT2D eigenvalue weighted by Gasteiger charge is -2.46. The van der Waals surface area contributed by atoms with Gasteiger partial charge >= 0.3 is 5.97 Å². The Hall–Kier alpha value is -3.63. The predicted molar refractivity (Wildman–Crippen MR) is 188 cm³/mol. The first-order valence-corrected chi connectivity index (χ1v) is 19.4. The highest BCUT2D eigenvalue weighted by Crippen LogP contribution is 2.40. The minimum absolute atomic E-state index is 0.116. The Kier molecular flexibility index (Phi) is 10.8. The van der Waals surface area contributed by atoms with Gasteiger partial charge in [0.2, 0.25) is 0 Å². The average Bonchev–Trinajstić information content (AvgIpc) is 3.02. The minimum Gasteiger partial charge on any atom is -0.481 e. The molecular formula is C38H46O5Si2. The lowest BCUT2D eigenvalue weighted by Crippen LogP contribution is -2.69. The summed E-state index contributed by atoms with van der Waals surface area (Å²) in [5.41, 5.74) is 0. The average molecular weight is 639 g/mol. The SMILES string of the molecule is CC(C)(C)[Si](O[C@@H](CC(=O)O)C[C@@H](C=O)O[Si](c1ccccc1)(c1ccccc1)C(C)(C)C)(c1ccccc1)c1ccccc1. The second-order valence-electron chi connectivity index (χ2n) is 13.7. The summed E-state index contributed by atoms with van der Waals surface area (Å²) < 4.78 is 14.4. The number of carbonyl (C=O) groups is 2. The Balaban J connectivity index is 1.84. The predicted octanol–water partition coefficient (Wildman–Crippen LogP) is 5.94. The number of aldehydes is 1. The molecule has 0 aliphatic heterocycles. The maximum atomic E-state index is 13.0. The number of carboxylic acids is 1. The molecule has 0 unspecified atom stereocenters. The summed E-state index contributed by atoms with van der Waals surface area (Å²) in [6, 6.07) is 40.6. The summed E-state index contributed by atoms with van der Waals surface area (Å²) in [6.07, 6.45) is -0.965. The van der Waals surface area contributed by atoms with Crippen LogP contribution in [0.3, 0.4) is 0 Å². The zero-order valence-corrected chi connectivity index (χ0v) is 29.3. The molecule has 0 bridgehead atoms. The van der Waals surface area contributed by atoms with Crippen LogP contribution in [-0.2, 0) is 18.4 Å². The van der Waals surface area contributed by atoms with Crippen molar-refractivity contribution in [3.63, 3.8) is 0 Å². The highest BCUT2D eigenvalue weighted by molar-refractivity contribution is 7.00. The van der Waals surface area contributed by atoms with E-state index in [1.165, 1.54) is 0 Å². The van der Waals surface area contributed by atoms with Crippen LogP contribution in [0.2, 0.25) is 10.1 Å². The zero-order chi connectivity index (χ0) is 32.7. The van der Waals surface area contributed by atoms with Crippen molar-refractivity contribution in [1.29, 1.82) is 0 Å². The maximum Gasteiger partial charge on any atom is 0.305 e. The van der Waals surface area contributed by atoms with Crippen LogP contribution in [0.15, 0.2) is 121 Å². The lowest BCUT2D eigenvalue weighted by atomic mass is 10.1. The van der Waals surface area contributed by atoms with Crippen molar-refractivity contribution in [2.24, 2.45) is 0 Å². The number of carbonyl (C=O) groups excluding carboxylic acids is 1. The molecule has 0 aliphatic carbocycles. The van der Waals surface area contributed by atoms with E-state index in [4.69, 9.17) is 8.85 Å². The molecule has 4 aromatic rings. The molecule has 0 radical (unpaired) electrons. The van der Waals surface area contributed by atoms with Crippen LogP contribution in [0.25, 0.3) is 0 Å². The van der Waals surface area contributed by atoms with Crippen LogP contribution in [0.5, 0.6) is 0 Å². The molecule has 0 aromatic heterocycles. The smallest absolute Gasteiger partial charge is 0.305 e. The largest absolute Gasteiger partial charge is 0.481 e. The van der Waals surface area contributed by atoms with Gasteiger partial charge in [0, 0.05) is 6.42 Å². The number of benzene rings is 4. The van der Waals surface area contributed by atoms with Crippen molar-refractivity contribution >= 4 is 49.6 Å². The van der Waals surface area contributed by atoms with E-state index < -0.39 is 34.8 Å². The molecule has 0 amide bonds. The Morgan fingerprint density at radius 1 is 0.622 bits per heavy atom. The Bertz CT molecular complexity index is 1440. The molecule has 2 atom stereocenters. The fourth-order valence-electron chi connectivity index (χ4n) is 6.62. The molecule has 7 heteroatoms. The van der Waals surface area contributed by atoms with Gasteiger partial charge in [-0.1, -0.05) is 163 Å². The molecule has 5 nitrogen and oxygen atoms in total. The lowest BCUT2D eigenvalue weighted by molar-refractivity contribution is -0.139. The monoisotopic (exact) mass is 638 g/mol. The molecular weight excluding hydrogens is 593 g/mol. The van der Waals surface area contributed by atoms with E-state index in [0.29, 0.717) is 0 Å². The van der Waals surface area contributed by atoms with E-state index in [1.807, 2.05) is 72.8 Å². The standard InChI is InChI=1S/C38H46O5Si2/c1-37(2,3)44(32-19-11-7-12-20-32,33-21-13-8-14-22-33)42-30(28-36(40)41)27-31(29-39)43-45(38(4,5)6,34-23-15-9-16-24-34)35-25-17-10-18-26-35/h7-26,29-31H,27-28H2,1-6H3,(H,40,41)/t30-,31+/m1/s1. The van der Waals surface area contributed by atoms with Crippen LogP contribution in [-0.4, -0.2) is 46.2 Å². The van der Waals surface area contributed by atoms with Gasteiger partial charge in [-0.3, -0.25) is 4.79 Å². The number of aliphatic carboxylic acids is 1. The molecule has 0 saturated carbocycles. The fraction of sp³-hybridized carbons (Fsp3) is 0.316. The maximum absolute atomic E-state index is 13.0. The molecule has 4 rings (SSSR count). The van der Waals surface area contributed by atoms with E-state index in [0.717, 1.165) is 27.0 Å². The van der Waals surface area contributed by atoms with Crippen molar-refractivity contribution in [3.05, 3.63) is 121 Å². The van der Waals surface area contributed by atoms with E-state index in [2.05, 4.69) is 90.1 Å². The molecule has 0 spiro atoms. The van der Waals surface area contributed by atoms with Gasteiger partial charge in [0.15, 0.2) is 0 Å². The van der Waals surface area contributed by atoms with Crippen LogP contribution >= 0.6 is 0 Å². The minimum atomic E-state index is -3.11.